The summed E-state index contributed by atoms with van der Waals surface area (Å²) in [7, 11) is 0. The number of nitrogens with zero attached hydrogens (tertiary/aromatic N) is 3. The first kappa shape index (κ1) is 28.5. The van der Waals surface area contributed by atoms with Crippen LogP contribution in [-0.4, -0.2) is 39.4 Å². The largest absolute Gasteiger partial charge is 0.489 e. The van der Waals surface area contributed by atoms with Gasteiger partial charge in [0.05, 0.1) is 21.2 Å². The molecule has 42 heavy (non-hydrogen) atoms. The highest BCUT2D eigenvalue weighted by atomic mass is 35.5. The Kier molecular flexibility index (Phi) is 7.87. The fourth-order valence-corrected chi connectivity index (χ4v) is 6.38. The third-order valence-electron chi connectivity index (χ3n) is 8.22. The van der Waals surface area contributed by atoms with Gasteiger partial charge in [0.1, 0.15) is 35.2 Å². The van der Waals surface area contributed by atoms with Crippen molar-refractivity contribution in [3.63, 3.8) is 0 Å². The van der Waals surface area contributed by atoms with Crippen LogP contribution in [0.1, 0.15) is 71.3 Å². The molecule has 1 aliphatic carbocycles. The predicted octanol–water partition coefficient (Wildman–Crippen LogP) is 7.25. The number of halogens is 2. The molecule has 2 N–H and O–H groups in total. The van der Waals surface area contributed by atoms with Crippen molar-refractivity contribution in [2.24, 2.45) is 0 Å². The van der Waals surface area contributed by atoms with E-state index in [4.69, 9.17) is 32.5 Å². The Balaban J connectivity index is 1.19. The van der Waals surface area contributed by atoms with Gasteiger partial charge >= 0.3 is 5.97 Å². The molecule has 1 aliphatic heterocycles. The summed E-state index contributed by atoms with van der Waals surface area (Å²) in [6.07, 6.45) is 5.23. The summed E-state index contributed by atoms with van der Waals surface area (Å²) in [5, 5.41) is 26.6. The first-order valence-electron chi connectivity index (χ1n) is 14.1. The van der Waals surface area contributed by atoms with E-state index in [1.54, 1.807) is 24.4 Å². The summed E-state index contributed by atoms with van der Waals surface area (Å²) in [4.78, 5) is 17.8. The Morgan fingerprint density at radius 3 is 2.60 bits per heavy atom. The molecule has 0 unspecified atom stereocenters. The Hall–Kier alpha value is -3.59. The maximum Gasteiger partial charge on any atom is 0.339 e. The third-order valence-corrected chi connectivity index (χ3v) is 8.84. The maximum absolute atomic E-state index is 11.6. The number of piperidine rings is 1. The van der Waals surface area contributed by atoms with E-state index in [0.717, 1.165) is 41.7 Å². The van der Waals surface area contributed by atoms with E-state index in [9.17, 15) is 15.0 Å². The van der Waals surface area contributed by atoms with Crippen LogP contribution in [0.15, 0.2) is 59.3 Å². The molecule has 6 rings (SSSR count). The van der Waals surface area contributed by atoms with Crippen LogP contribution in [0.3, 0.4) is 0 Å². The lowest BCUT2D eigenvalue weighted by molar-refractivity contribution is 0.0117. The number of benzene rings is 2. The minimum atomic E-state index is -1.16. The number of carboxylic acids is 1. The third kappa shape index (κ3) is 5.46. The van der Waals surface area contributed by atoms with Crippen molar-refractivity contribution >= 4 is 35.0 Å². The molecule has 4 aromatic rings. The summed E-state index contributed by atoms with van der Waals surface area (Å²) in [5.41, 5.74) is 3.16. The number of pyridine rings is 1. The predicted molar refractivity (Wildman–Crippen MR) is 161 cm³/mol. The molecule has 2 aliphatic rings. The van der Waals surface area contributed by atoms with Crippen LogP contribution in [0.5, 0.6) is 5.75 Å². The molecule has 2 aromatic carbocycles. The average Bonchev–Trinajstić information content (AvgIpc) is 3.75. The zero-order valence-corrected chi connectivity index (χ0v) is 24.7. The number of carbonyl (C=O) groups is 1. The van der Waals surface area contributed by atoms with Gasteiger partial charge in [-0.2, -0.15) is 0 Å². The number of aromatic carboxylic acids is 1. The van der Waals surface area contributed by atoms with Crippen LogP contribution in [0.4, 0.5) is 5.82 Å². The molecule has 0 amide bonds. The first-order valence-corrected chi connectivity index (χ1v) is 14.9. The van der Waals surface area contributed by atoms with Crippen molar-refractivity contribution in [3.8, 4) is 17.0 Å². The van der Waals surface area contributed by atoms with Gasteiger partial charge in [0.25, 0.3) is 0 Å². The molecule has 1 saturated heterocycles. The second kappa shape index (κ2) is 11.6. The fraction of sp³-hybridized carbons (Fsp3) is 0.344. The van der Waals surface area contributed by atoms with Crippen LogP contribution in [0.2, 0.25) is 10.0 Å². The Bertz CT molecular complexity index is 1630. The Morgan fingerprint density at radius 2 is 1.90 bits per heavy atom. The van der Waals surface area contributed by atoms with Gasteiger partial charge in [0.2, 0.25) is 0 Å². The number of carboxylic acid groups (broad SMARTS) is 1. The smallest absolute Gasteiger partial charge is 0.339 e. The van der Waals surface area contributed by atoms with Crippen LogP contribution in [-0.2, 0) is 18.6 Å². The van der Waals surface area contributed by atoms with Crippen molar-refractivity contribution < 1.29 is 24.3 Å². The average molecular weight is 609 g/mol. The number of hydrogen-bond acceptors (Lipinski definition) is 7. The molecule has 0 spiro atoms. The zero-order valence-electron chi connectivity index (χ0n) is 23.1. The molecule has 8 nitrogen and oxygen atoms in total. The standard InChI is InChI=1S/C32H31Cl2N3O5/c1-2-19-5-3-7-25(33)27(19)28-23(29(42-36-28)20-8-9-20)18-41-21-10-11-24(26(34)17-21)32(40)12-15-37(16-13-32)30-22(31(38)39)6-4-14-35-30/h3-7,10-11,14,17,20,40H,2,8-9,12-13,15-16,18H2,1H3,(H,38,39). The number of anilines is 1. The van der Waals surface area contributed by atoms with Crippen molar-refractivity contribution in [1.29, 1.82) is 0 Å². The number of rotatable bonds is 9. The lowest BCUT2D eigenvalue weighted by Crippen LogP contribution is -2.43. The van der Waals surface area contributed by atoms with Gasteiger partial charge in [-0.1, -0.05) is 53.5 Å². The molecule has 3 heterocycles. The van der Waals surface area contributed by atoms with Gasteiger partial charge in [0.15, 0.2) is 0 Å². The molecular formula is C32H31Cl2N3O5. The summed E-state index contributed by atoms with van der Waals surface area (Å²) in [6.45, 7) is 3.19. The van der Waals surface area contributed by atoms with Gasteiger partial charge in [0, 0.05) is 36.3 Å². The fourth-order valence-electron chi connectivity index (χ4n) is 5.74. The van der Waals surface area contributed by atoms with Crippen LogP contribution >= 0.6 is 23.2 Å². The molecule has 218 valence electrons. The van der Waals surface area contributed by atoms with E-state index in [1.807, 2.05) is 29.2 Å². The summed E-state index contributed by atoms with van der Waals surface area (Å²) in [5.74, 6) is 1.12. The normalized spacial score (nSPS) is 16.4. The van der Waals surface area contributed by atoms with E-state index in [2.05, 4.69) is 17.1 Å². The number of hydrogen-bond donors (Lipinski definition) is 2. The summed E-state index contributed by atoms with van der Waals surface area (Å²) in [6, 6.07) is 14.3. The SMILES string of the molecule is CCc1cccc(Cl)c1-c1noc(C2CC2)c1COc1ccc(C2(O)CCN(c3ncccc3C(=O)O)CC2)c(Cl)c1. The second-order valence-electron chi connectivity index (χ2n) is 10.9. The number of aromatic nitrogens is 2. The van der Waals surface area contributed by atoms with Crippen molar-refractivity contribution in [1.82, 2.24) is 10.1 Å². The van der Waals surface area contributed by atoms with Crippen LogP contribution in [0.25, 0.3) is 11.3 Å². The van der Waals surface area contributed by atoms with Gasteiger partial charge < -0.3 is 24.4 Å². The number of aliphatic hydroxyl groups is 1. The zero-order chi connectivity index (χ0) is 29.4. The highest BCUT2D eigenvalue weighted by molar-refractivity contribution is 6.33. The molecule has 0 atom stereocenters. The molecule has 10 heteroatoms. The topological polar surface area (TPSA) is 109 Å². The van der Waals surface area contributed by atoms with Gasteiger partial charge in [-0.25, -0.2) is 9.78 Å². The lowest BCUT2D eigenvalue weighted by Gasteiger charge is -2.39. The van der Waals surface area contributed by atoms with Gasteiger partial charge in [-0.3, -0.25) is 0 Å². The number of aryl methyl sites for hydroxylation is 1. The molecule has 2 fully saturated rings. The summed E-state index contributed by atoms with van der Waals surface area (Å²) < 4.78 is 12.1. The second-order valence-corrected chi connectivity index (χ2v) is 11.7. The van der Waals surface area contributed by atoms with Crippen molar-refractivity contribution in [2.75, 3.05) is 18.0 Å². The first-order chi connectivity index (χ1) is 20.3. The molecular weight excluding hydrogens is 577 g/mol. The number of ether oxygens (including phenoxy) is 1. The highest BCUT2D eigenvalue weighted by Gasteiger charge is 2.37. The molecule has 0 radical (unpaired) electrons. The Morgan fingerprint density at radius 1 is 1.12 bits per heavy atom. The van der Waals surface area contributed by atoms with Gasteiger partial charge in [-0.05, 0) is 68.0 Å². The molecule has 0 bridgehead atoms. The van der Waals surface area contributed by atoms with Crippen molar-refractivity contribution in [2.45, 2.75) is 57.2 Å². The summed E-state index contributed by atoms with van der Waals surface area (Å²) >= 11 is 13.4. The lowest BCUT2D eigenvalue weighted by atomic mass is 9.84. The Labute approximate surface area is 253 Å². The monoisotopic (exact) mass is 607 g/mol. The quantitative estimate of drug-likeness (QED) is 0.205. The van der Waals surface area contributed by atoms with Gasteiger partial charge in [-0.15, -0.1) is 0 Å². The minimum Gasteiger partial charge on any atom is -0.489 e. The van der Waals surface area contributed by atoms with E-state index >= 15 is 0 Å². The van der Waals surface area contributed by atoms with Crippen LogP contribution < -0.4 is 9.64 Å². The molecule has 1 saturated carbocycles. The van der Waals surface area contributed by atoms with Crippen molar-refractivity contribution in [3.05, 3.63) is 92.8 Å². The highest BCUT2D eigenvalue weighted by Crippen LogP contribution is 2.46. The van der Waals surface area contributed by atoms with E-state index in [-0.39, 0.29) is 12.2 Å². The minimum absolute atomic E-state index is 0.142. The van der Waals surface area contributed by atoms with Crippen LogP contribution in [0, 0.1) is 0 Å². The molecule has 2 aromatic heterocycles. The van der Waals surface area contributed by atoms with E-state index < -0.39 is 11.6 Å². The maximum atomic E-state index is 11.6. The van der Waals surface area contributed by atoms with E-state index in [1.165, 1.54) is 6.07 Å². The van der Waals surface area contributed by atoms with E-state index in [0.29, 0.717) is 64.7 Å².